The molecule has 0 saturated carbocycles. The Labute approximate surface area is 165 Å². The van der Waals surface area contributed by atoms with E-state index in [1.165, 1.54) is 30.3 Å². The van der Waals surface area contributed by atoms with Crippen LogP contribution in [-0.4, -0.2) is 63.4 Å². The van der Waals surface area contributed by atoms with Gasteiger partial charge in [-0.3, -0.25) is 9.10 Å². The molecule has 2 aromatic rings. The topological polar surface area (TPSA) is 60.9 Å². The summed E-state index contributed by atoms with van der Waals surface area (Å²) in [7, 11) is -4.09. The number of piperazine rings is 1. The second-order valence-electron chi connectivity index (χ2n) is 6.59. The van der Waals surface area contributed by atoms with Gasteiger partial charge in [0.1, 0.15) is 12.4 Å². The second-order valence-corrected chi connectivity index (χ2v) is 8.45. The van der Waals surface area contributed by atoms with Crippen LogP contribution in [0.3, 0.4) is 0 Å². The number of carbonyl (C=O) groups is 1. The maximum atomic E-state index is 14.4. The average Bonchev–Trinajstić information content (AvgIpc) is 2.73. The fraction of sp³-hybridized carbons (Fsp3) is 0.350. The monoisotopic (exact) mass is 405 g/mol. The normalized spacial score (nSPS) is 15.4. The first-order chi connectivity index (χ1) is 13.4. The average molecular weight is 405 g/mol. The van der Waals surface area contributed by atoms with E-state index in [-0.39, 0.29) is 16.5 Å². The van der Waals surface area contributed by atoms with E-state index in [1.807, 2.05) is 0 Å². The number of sulfonamides is 1. The molecule has 0 unspecified atom stereocenters. The highest BCUT2D eigenvalue weighted by Gasteiger charge is 2.31. The summed E-state index contributed by atoms with van der Waals surface area (Å²) < 4.78 is 41.7. The Balaban J connectivity index is 1.90. The number of hydrogen-bond acceptors (Lipinski definition) is 4. The number of carbonyl (C=O) groups excluding carboxylic acids is 1. The molecule has 2 aromatic carbocycles. The van der Waals surface area contributed by atoms with Crippen molar-refractivity contribution in [3.05, 3.63) is 60.4 Å². The third-order valence-corrected chi connectivity index (χ3v) is 6.68. The van der Waals surface area contributed by atoms with Crippen molar-refractivity contribution < 1.29 is 17.6 Å². The van der Waals surface area contributed by atoms with E-state index in [1.54, 1.807) is 29.2 Å². The molecule has 0 spiro atoms. The highest BCUT2D eigenvalue weighted by Crippen LogP contribution is 2.26. The molecule has 28 heavy (non-hydrogen) atoms. The van der Waals surface area contributed by atoms with Gasteiger partial charge in [-0.2, -0.15) is 0 Å². The van der Waals surface area contributed by atoms with Crippen LogP contribution in [0.25, 0.3) is 0 Å². The molecule has 1 fully saturated rings. The van der Waals surface area contributed by atoms with Crippen molar-refractivity contribution in [3.63, 3.8) is 0 Å². The van der Waals surface area contributed by atoms with Crippen LogP contribution in [0.1, 0.15) is 6.92 Å². The number of halogens is 1. The van der Waals surface area contributed by atoms with Gasteiger partial charge in [0, 0.05) is 26.2 Å². The summed E-state index contributed by atoms with van der Waals surface area (Å²) in [5.41, 5.74) is -0.133. The molecule has 3 rings (SSSR count). The van der Waals surface area contributed by atoms with E-state index in [0.717, 1.165) is 23.9 Å². The van der Waals surface area contributed by atoms with Crippen LogP contribution in [0, 0.1) is 5.82 Å². The molecule has 0 N–H and O–H groups in total. The number of anilines is 1. The zero-order valence-corrected chi connectivity index (χ0v) is 16.6. The Morgan fingerprint density at radius 2 is 1.61 bits per heavy atom. The van der Waals surface area contributed by atoms with E-state index in [0.29, 0.717) is 13.1 Å². The summed E-state index contributed by atoms with van der Waals surface area (Å²) in [6.07, 6.45) is 0. The molecule has 8 heteroatoms. The standard InChI is InChI=1S/C20H24FN3O3S/c1-2-22-12-14-23(15-13-22)20(25)16-24(19-11-7-6-10-18(19)21)28(26,27)17-8-4-3-5-9-17/h3-11H,2,12-16H2,1H3. The second kappa shape index (κ2) is 8.70. The molecule has 0 radical (unpaired) electrons. The molecule has 1 amide bonds. The first-order valence-electron chi connectivity index (χ1n) is 9.26. The van der Waals surface area contributed by atoms with Gasteiger partial charge in [0.25, 0.3) is 10.0 Å². The van der Waals surface area contributed by atoms with Crippen LogP contribution in [0.5, 0.6) is 0 Å². The zero-order chi connectivity index (χ0) is 20.1. The first-order valence-corrected chi connectivity index (χ1v) is 10.7. The lowest BCUT2D eigenvalue weighted by atomic mass is 10.3. The molecule has 150 valence electrons. The predicted octanol–water partition coefficient (Wildman–Crippen LogP) is 2.19. The third-order valence-electron chi connectivity index (χ3n) is 4.90. The number of likely N-dealkylation sites (N-methyl/N-ethyl adjacent to an activating group) is 1. The van der Waals surface area contributed by atoms with Gasteiger partial charge < -0.3 is 9.80 Å². The number of hydrogen-bond donors (Lipinski definition) is 0. The van der Waals surface area contributed by atoms with Gasteiger partial charge in [-0.15, -0.1) is 0 Å². The maximum Gasteiger partial charge on any atom is 0.264 e. The maximum absolute atomic E-state index is 14.4. The van der Waals surface area contributed by atoms with Crippen molar-refractivity contribution in [2.75, 3.05) is 43.6 Å². The van der Waals surface area contributed by atoms with E-state index < -0.39 is 22.4 Å². The molecule has 1 aliphatic heterocycles. The van der Waals surface area contributed by atoms with E-state index in [9.17, 15) is 17.6 Å². The number of amides is 1. The summed E-state index contributed by atoms with van der Waals surface area (Å²) in [6.45, 7) is 5.08. The van der Waals surface area contributed by atoms with Gasteiger partial charge in [0.2, 0.25) is 5.91 Å². The minimum atomic E-state index is -4.09. The highest BCUT2D eigenvalue weighted by atomic mass is 32.2. The predicted molar refractivity (Wildman–Crippen MR) is 106 cm³/mol. The van der Waals surface area contributed by atoms with Gasteiger partial charge in [0.15, 0.2) is 0 Å². The molecule has 6 nitrogen and oxygen atoms in total. The van der Waals surface area contributed by atoms with Gasteiger partial charge in [0.05, 0.1) is 10.6 Å². The Morgan fingerprint density at radius 1 is 1.00 bits per heavy atom. The quantitative estimate of drug-likeness (QED) is 0.739. The molecule has 0 bridgehead atoms. The summed E-state index contributed by atoms with van der Waals surface area (Å²) in [4.78, 5) is 16.7. The van der Waals surface area contributed by atoms with Gasteiger partial charge >= 0.3 is 0 Å². The van der Waals surface area contributed by atoms with E-state index >= 15 is 0 Å². The minimum Gasteiger partial charge on any atom is -0.339 e. The van der Waals surface area contributed by atoms with Crippen LogP contribution in [0.4, 0.5) is 10.1 Å². The van der Waals surface area contributed by atoms with Crippen LogP contribution in [-0.2, 0) is 14.8 Å². The van der Waals surface area contributed by atoms with Gasteiger partial charge in [-0.1, -0.05) is 37.3 Å². The summed E-state index contributed by atoms with van der Waals surface area (Å²) in [5, 5.41) is 0. The molecule has 1 aliphatic rings. The lowest BCUT2D eigenvalue weighted by Gasteiger charge is -2.35. The summed E-state index contributed by atoms with van der Waals surface area (Å²) in [6, 6.07) is 13.4. The molecule has 0 aromatic heterocycles. The van der Waals surface area contributed by atoms with Crippen molar-refractivity contribution in [2.24, 2.45) is 0 Å². The Morgan fingerprint density at radius 3 is 2.21 bits per heavy atom. The lowest BCUT2D eigenvalue weighted by Crippen LogP contribution is -2.51. The van der Waals surface area contributed by atoms with Crippen molar-refractivity contribution >= 4 is 21.6 Å². The van der Waals surface area contributed by atoms with Crippen molar-refractivity contribution in [1.82, 2.24) is 9.80 Å². The molecule has 1 saturated heterocycles. The SMILES string of the molecule is CCN1CCN(C(=O)CN(c2ccccc2F)S(=O)(=O)c2ccccc2)CC1. The number of rotatable bonds is 6. The van der Waals surface area contributed by atoms with Crippen LogP contribution in [0.15, 0.2) is 59.5 Å². The Hall–Kier alpha value is -2.45. The Kier molecular flexibility index (Phi) is 6.31. The molecule has 1 heterocycles. The van der Waals surface area contributed by atoms with Crippen LogP contribution >= 0.6 is 0 Å². The van der Waals surface area contributed by atoms with E-state index in [2.05, 4.69) is 11.8 Å². The van der Waals surface area contributed by atoms with Crippen LogP contribution < -0.4 is 4.31 Å². The smallest absolute Gasteiger partial charge is 0.264 e. The zero-order valence-electron chi connectivity index (χ0n) is 15.8. The largest absolute Gasteiger partial charge is 0.339 e. The molecular weight excluding hydrogens is 381 g/mol. The van der Waals surface area contributed by atoms with Crippen molar-refractivity contribution in [1.29, 1.82) is 0 Å². The van der Waals surface area contributed by atoms with Crippen molar-refractivity contribution in [2.45, 2.75) is 11.8 Å². The molecule has 0 atom stereocenters. The minimum absolute atomic E-state index is 0.0156. The van der Waals surface area contributed by atoms with Crippen LogP contribution in [0.2, 0.25) is 0 Å². The number of nitrogens with zero attached hydrogens (tertiary/aromatic N) is 3. The molecule has 0 aliphatic carbocycles. The Bertz CT molecular complexity index is 913. The summed E-state index contributed by atoms with van der Waals surface area (Å²) in [5.74, 6) is -1.02. The fourth-order valence-electron chi connectivity index (χ4n) is 3.21. The first kappa shape index (κ1) is 20.3. The number of para-hydroxylation sites is 1. The summed E-state index contributed by atoms with van der Waals surface area (Å²) >= 11 is 0. The third kappa shape index (κ3) is 4.34. The van der Waals surface area contributed by atoms with Crippen molar-refractivity contribution in [3.8, 4) is 0 Å². The highest BCUT2D eigenvalue weighted by molar-refractivity contribution is 7.92. The molecular formula is C20H24FN3O3S. The van der Waals surface area contributed by atoms with E-state index in [4.69, 9.17) is 0 Å². The fourth-order valence-corrected chi connectivity index (χ4v) is 4.65. The van der Waals surface area contributed by atoms with Gasteiger partial charge in [-0.05, 0) is 30.8 Å². The van der Waals surface area contributed by atoms with Gasteiger partial charge in [-0.25, -0.2) is 12.8 Å². The lowest BCUT2D eigenvalue weighted by molar-refractivity contribution is -0.131. The number of benzene rings is 2.